The molecule has 1 aliphatic rings. The van der Waals surface area contributed by atoms with E-state index in [4.69, 9.17) is 5.73 Å². The zero-order valence-corrected chi connectivity index (χ0v) is 18.5. The number of imidazole rings is 1. The molecular weight excluding hydrogens is 404 g/mol. The molecule has 0 radical (unpaired) electrons. The van der Waals surface area contributed by atoms with Gasteiger partial charge in [0.2, 0.25) is 5.95 Å². The number of likely N-dealkylation sites (tertiary alicyclic amines) is 1. The highest BCUT2D eigenvalue weighted by molar-refractivity contribution is 6.04. The van der Waals surface area contributed by atoms with Crippen LogP contribution >= 0.6 is 0 Å². The number of unbranched alkanes of at least 4 members (excludes halogenated alkanes) is 2. The number of benzene rings is 1. The normalized spacial score (nSPS) is 14.0. The first-order valence-electron chi connectivity index (χ1n) is 11.4. The second-order valence-corrected chi connectivity index (χ2v) is 8.29. The molecule has 4 rings (SSSR count). The van der Waals surface area contributed by atoms with Gasteiger partial charge in [0.15, 0.2) is 5.65 Å². The molecule has 168 valence electrons. The van der Waals surface area contributed by atoms with Crippen LogP contribution in [0, 0.1) is 0 Å². The Morgan fingerprint density at radius 3 is 2.66 bits per heavy atom. The predicted octanol–water partition coefficient (Wildman–Crippen LogP) is 4.08. The van der Waals surface area contributed by atoms with Crippen molar-refractivity contribution < 1.29 is 9.59 Å². The number of amides is 2. The van der Waals surface area contributed by atoms with Gasteiger partial charge in [0.1, 0.15) is 5.52 Å². The van der Waals surface area contributed by atoms with Crippen LogP contribution in [0.25, 0.3) is 11.2 Å². The quantitative estimate of drug-likeness (QED) is 0.430. The number of nitrogens with zero attached hydrogens (tertiary/aromatic N) is 4. The van der Waals surface area contributed by atoms with E-state index in [1.165, 1.54) is 6.42 Å². The molecule has 0 unspecified atom stereocenters. The molecule has 0 spiro atoms. The monoisotopic (exact) mass is 434 g/mol. The molecule has 8 nitrogen and oxygen atoms in total. The summed E-state index contributed by atoms with van der Waals surface area (Å²) in [6.45, 7) is 4.39. The third-order valence-corrected chi connectivity index (χ3v) is 5.83. The number of anilines is 2. The lowest BCUT2D eigenvalue weighted by atomic mass is 10.1. The maximum Gasteiger partial charge on any atom is 0.258 e. The molecule has 8 heteroatoms. The lowest BCUT2D eigenvalue weighted by Gasteiger charge is -2.26. The van der Waals surface area contributed by atoms with E-state index in [0.717, 1.165) is 45.2 Å². The van der Waals surface area contributed by atoms with E-state index in [0.29, 0.717) is 40.5 Å². The number of pyridine rings is 1. The van der Waals surface area contributed by atoms with Crippen LogP contribution in [0.2, 0.25) is 0 Å². The zero-order chi connectivity index (χ0) is 22.5. The number of nitrogens with two attached hydrogens (primary N) is 1. The van der Waals surface area contributed by atoms with Gasteiger partial charge in [-0.1, -0.05) is 25.8 Å². The molecule has 1 aromatic carbocycles. The molecule has 0 saturated carbocycles. The third kappa shape index (κ3) is 4.74. The van der Waals surface area contributed by atoms with Gasteiger partial charge in [0.25, 0.3) is 11.8 Å². The number of hydrogen-bond donors (Lipinski definition) is 2. The lowest BCUT2D eigenvalue weighted by molar-refractivity contribution is 0.0724. The minimum absolute atomic E-state index is 0.00928. The van der Waals surface area contributed by atoms with Gasteiger partial charge >= 0.3 is 0 Å². The van der Waals surface area contributed by atoms with E-state index < -0.39 is 0 Å². The number of nitrogens with one attached hydrogen (secondary N) is 1. The Labute approximate surface area is 187 Å². The van der Waals surface area contributed by atoms with Crippen LogP contribution in [0.3, 0.4) is 0 Å². The van der Waals surface area contributed by atoms with Gasteiger partial charge in [-0.25, -0.2) is 9.97 Å². The number of hydrogen-bond acceptors (Lipinski definition) is 5. The van der Waals surface area contributed by atoms with Crippen LogP contribution in [0.4, 0.5) is 11.6 Å². The summed E-state index contributed by atoms with van der Waals surface area (Å²) in [5.41, 5.74) is 8.61. The molecule has 0 aliphatic carbocycles. The summed E-state index contributed by atoms with van der Waals surface area (Å²) in [5.74, 6) is 0.137. The summed E-state index contributed by atoms with van der Waals surface area (Å²) in [7, 11) is 0. The predicted molar refractivity (Wildman–Crippen MR) is 126 cm³/mol. The van der Waals surface area contributed by atoms with Crippen molar-refractivity contribution in [2.45, 2.75) is 52.0 Å². The van der Waals surface area contributed by atoms with Crippen molar-refractivity contribution in [2.75, 3.05) is 24.1 Å². The van der Waals surface area contributed by atoms with Crippen molar-refractivity contribution in [3.63, 3.8) is 0 Å². The number of nitrogen functional groups attached to an aromatic ring is 1. The Bertz CT molecular complexity index is 1120. The minimum Gasteiger partial charge on any atom is -0.399 e. The molecular formula is C24H30N6O2. The van der Waals surface area contributed by atoms with Crippen LogP contribution in [0.5, 0.6) is 0 Å². The zero-order valence-electron chi connectivity index (χ0n) is 18.5. The Morgan fingerprint density at radius 2 is 1.91 bits per heavy atom. The summed E-state index contributed by atoms with van der Waals surface area (Å²) < 4.78 is 1.92. The van der Waals surface area contributed by atoms with Gasteiger partial charge in [-0.05, 0) is 49.9 Å². The molecule has 2 aromatic heterocycles. The van der Waals surface area contributed by atoms with E-state index in [1.807, 2.05) is 9.47 Å². The fraction of sp³-hybridized carbons (Fsp3) is 0.417. The SMILES string of the molecule is CCCCCn1c(NC(=O)c2cccc(N)c2)nc2cc(C(=O)N3CCCCC3)cnc21. The third-order valence-electron chi connectivity index (χ3n) is 5.83. The van der Waals surface area contributed by atoms with E-state index in [2.05, 4.69) is 22.2 Å². The average molecular weight is 435 g/mol. The Kier molecular flexibility index (Phi) is 6.68. The maximum absolute atomic E-state index is 12.9. The van der Waals surface area contributed by atoms with Crippen LogP contribution in [0.15, 0.2) is 36.5 Å². The summed E-state index contributed by atoms with van der Waals surface area (Å²) in [6, 6.07) is 8.61. The van der Waals surface area contributed by atoms with Crippen molar-refractivity contribution in [3.05, 3.63) is 47.7 Å². The number of aromatic nitrogens is 3. The van der Waals surface area contributed by atoms with Crippen LogP contribution in [-0.2, 0) is 6.54 Å². The number of aryl methyl sites for hydroxylation is 1. The first-order chi connectivity index (χ1) is 15.6. The van der Waals surface area contributed by atoms with Gasteiger partial charge in [0.05, 0.1) is 5.56 Å². The van der Waals surface area contributed by atoms with Gasteiger partial charge in [-0.15, -0.1) is 0 Å². The summed E-state index contributed by atoms with van der Waals surface area (Å²) in [5, 5.41) is 2.90. The van der Waals surface area contributed by atoms with Crippen molar-refractivity contribution in [3.8, 4) is 0 Å². The molecule has 2 amide bonds. The maximum atomic E-state index is 12.9. The first-order valence-corrected chi connectivity index (χ1v) is 11.4. The van der Waals surface area contributed by atoms with E-state index in [1.54, 1.807) is 36.5 Å². The Hall–Kier alpha value is -3.42. The molecule has 3 heterocycles. The highest BCUT2D eigenvalue weighted by Crippen LogP contribution is 2.22. The van der Waals surface area contributed by atoms with E-state index in [9.17, 15) is 9.59 Å². The lowest BCUT2D eigenvalue weighted by Crippen LogP contribution is -2.35. The van der Waals surface area contributed by atoms with Crippen molar-refractivity contribution in [2.24, 2.45) is 0 Å². The van der Waals surface area contributed by atoms with Gasteiger partial charge in [-0.2, -0.15) is 0 Å². The smallest absolute Gasteiger partial charge is 0.258 e. The summed E-state index contributed by atoms with van der Waals surface area (Å²) in [4.78, 5) is 36.8. The second-order valence-electron chi connectivity index (χ2n) is 8.29. The molecule has 0 atom stereocenters. The fourth-order valence-corrected chi connectivity index (χ4v) is 4.09. The molecule has 32 heavy (non-hydrogen) atoms. The Balaban J connectivity index is 1.64. The summed E-state index contributed by atoms with van der Waals surface area (Å²) >= 11 is 0. The van der Waals surface area contributed by atoms with Crippen LogP contribution < -0.4 is 11.1 Å². The topological polar surface area (TPSA) is 106 Å². The largest absolute Gasteiger partial charge is 0.399 e. The van der Waals surface area contributed by atoms with Gasteiger partial charge in [-0.3, -0.25) is 19.5 Å². The number of rotatable bonds is 7. The molecule has 3 N–H and O–H groups in total. The van der Waals surface area contributed by atoms with E-state index >= 15 is 0 Å². The van der Waals surface area contributed by atoms with Gasteiger partial charge in [0, 0.05) is 37.1 Å². The fourth-order valence-electron chi connectivity index (χ4n) is 4.09. The summed E-state index contributed by atoms with van der Waals surface area (Å²) in [6.07, 6.45) is 7.95. The second kappa shape index (κ2) is 9.80. The highest BCUT2D eigenvalue weighted by Gasteiger charge is 2.21. The van der Waals surface area contributed by atoms with Crippen LogP contribution in [-0.4, -0.2) is 44.3 Å². The number of piperidine rings is 1. The van der Waals surface area contributed by atoms with Crippen molar-refractivity contribution >= 4 is 34.6 Å². The highest BCUT2D eigenvalue weighted by atomic mass is 16.2. The molecule has 1 saturated heterocycles. The van der Waals surface area contributed by atoms with Crippen molar-refractivity contribution in [1.29, 1.82) is 0 Å². The van der Waals surface area contributed by atoms with Crippen LogP contribution in [0.1, 0.15) is 66.2 Å². The number of fused-ring (bicyclic) bond motifs is 1. The Morgan fingerprint density at radius 1 is 1.09 bits per heavy atom. The molecule has 3 aromatic rings. The van der Waals surface area contributed by atoms with Crippen molar-refractivity contribution in [1.82, 2.24) is 19.4 Å². The van der Waals surface area contributed by atoms with Gasteiger partial charge < -0.3 is 10.6 Å². The standard InChI is InChI=1S/C24H30N6O2/c1-2-3-5-13-30-21-20(15-18(16-26-21)23(32)29-11-6-4-7-12-29)27-24(30)28-22(31)17-9-8-10-19(25)14-17/h8-10,14-16H,2-7,11-13,25H2,1H3,(H,27,28,31). The molecule has 1 aliphatic heterocycles. The molecule has 0 bridgehead atoms. The first kappa shape index (κ1) is 21.8. The number of carbonyl (C=O) groups excluding carboxylic acids is 2. The minimum atomic E-state index is -0.283. The molecule has 1 fully saturated rings. The average Bonchev–Trinajstić information content (AvgIpc) is 3.15. The number of carbonyl (C=O) groups is 2. The van der Waals surface area contributed by atoms with E-state index in [-0.39, 0.29) is 11.8 Å².